The third-order valence-corrected chi connectivity index (χ3v) is 4.35. The van der Waals surface area contributed by atoms with Gasteiger partial charge in [-0.05, 0) is 36.1 Å². The van der Waals surface area contributed by atoms with Gasteiger partial charge in [0, 0.05) is 0 Å². The molecule has 0 fully saturated rings. The van der Waals surface area contributed by atoms with Gasteiger partial charge in [0.2, 0.25) is 0 Å². The largest absolute Gasteiger partial charge is 0.452 e. The van der Waals surface area contributed by atoms with E-state index in [4.69, 9.17) is 4.74 Å². The van der Waals surface area contributed by atoms with Gasteiger partial charge in [0.1, 0.15) is 5.54 Å². The highest BCUT2D eigenvalue weighted by atomic mass is 16.5. The molecular formula is C21H22N2O3. The number of hydrogen-bond acceptors (Lipinski definition) is 4. The van der Waals surface area contributed by atoms with Crippen molar-refractivity contribution in [3.8, 4) is 17.2 Å². The van der Waals surface area contributed by atoms with Gasteiger partial charge in [-0.2, -0.15) is 5.26 Å². The third-order valence-electron chi connectivity index (χ3n) is 4.35. The van der Waals surface area contributed by atoms with E-state index in [1.54, 1.807) is 19.1 Å². The Morgan fingerprint density at radius 1 is 1.08 bits per heavy atom. The minimum Gasteiger partial charge on any atom is -0.452 e. The minimum atomic E-state index is -0.999. The van der Waals surface area contributed by atoms with Crippen LogP contribution in [0.1, 0.15) is 31.1 Å². The zero-order chi connectivity index (χ0) is 19.2. The topological polar surface area (TPSA) is 79.2 Å². The van der Waals surface area contributed by atoms with Crippen LogP contribution >= 0.6 is 0 Å². The molecule has 1 amide bonds. The Hall–Kier alpha value is -3.13. The molecule has 0 saturated heterocycles. The summed E-state index contributed by atoms with van der Waals surface area (Å²) in [6.45, 7) is 4.89. The molecule has 5 nitrogen and oxygen atoms in total. The SMILES string of the molecule is CC(C)[C@@](C)(C#N)NC(=O)COC(=O)c1ccc(-c2ccccc2)cc1. The zero-order valence-electron chi connectivity index (χ0n) is 15.2. The number of benzene rings is 2. The van der Waals surface area contributed by atoms with Gasteiger partial charge in [0.25, 0.3) is 5.91 Å². The molecular weight excluding hydrogens is 328 g/mol. The standard InChI is InChI=1S/C21H22N2O3/c1-15(2)21(3,14-22)23-19(24)13-26-20(25)18-11-9-17(10-12-18)16-7-5-4-6-8-16/h4-12,15H,13H2,1-3H3,(H,23,24)/t21-/m1/s1. The number of nitrogens with zero attached hydrogens (tertiary/aromatic N) is 1. The fourth-order valence-corrected chi connectivity index (χ4v) is 2.27. The lowest BCUT2D eigenvalue weighted by atomic mass is 9.90. The van der Waals surface area contributed by atoms with Crippen LogP contribution in [0.4, 0.5) is 0 Å². The molecule has 0 unspecified atom stereocenters. The van der Waals surface area contributed by atoms with Crippen molar-refractivity contribution in [2.45, 2.75) is 26.3 Å². The van der Waals surface area contributed by atoms with Gasteiger partial charge in [-0.15, -0.1) is 0 Å². The Morgan fingerprint density at radius 2 is 1.65 bits per heavy atom. The van der Waals surface area contributed by atoms with Crippen LogP contribution in [0.15, 0.2) is 54.6 Å². The summed E-state index contributed by atoms with van der Waals surface area (Å²) in [6, 6.07) is 18.9. The van der Waals surface area contributed by atoms with Gasteiger partial charge >= 0.3 is 5.97 Å². The van der Waals surface area contributed by atoms with E-state index in [0.717, 1.165) is 11.1 Å². The van der Waals surface area contributed by atoms with Crippen molar-refractivity contribution in [3.63, 3.8) is 0 Å². The van der Waals surface area contributed by atoms with Crippen molar-refractivity contribution < 1.29 is 14.3 Å². The first-order chi connectivity index (χ1) is 12.4. The molecule has 26 heavy (non-hydrogen) atoms. The molecule has 0 aliphatic carbocycles. The smallest absolute Gasteiger partial charge is 0.338 e. The van der Waals surface area contributed by atoms with Gasteiger partial charge in [0.05, 0.1) is 11.6 Å². The van der Waals surface area contributed by atoms with Crippen LogP contribution in [0.3, 0.4) is 0 Å². The second-order valence-electron chi connectivity index (χ2n) is 6.54. The summed E-state index contributed by atoms with van der Waals surface area (Å²) in [5.74, 6) is -1.15. The van der Waals surface area contributed by atoms with Crippen LogP contribution in [-0.4, -0.2) is 24.0 Å². The number of ether oxygens (including phenoxy) is 1. The second-order valence-corrected chi connectivity index (χ2v) is 6.54. The molecule has 2 aromatic rings. The van der Waals surface area contributed by atoms with Crippen molar-refractivity contribution in [2.24, 2.45) is 5.92 Å². The number of nitriles is 1. The molecule has 2 aromatic carbocycles. The Morgan fingerprint density at radius 3 is 2.19 bits per heavy atom. The molecule has 0 heterocycles. The Kier molecular flexibility index (Phi) is 6.13. The summed E-state index contributed by atoms with van der Waals surface area (Å²) in [4.78, 5) is 24.1. The number of carbonyl (C=O) groups is 2. The van der Waals surface area contributed by atoms with Crippen LogP contribution in [0.5, 0.6) is 0 Å². The summed E-state index contributed by atoms with van der Waals surface area (Å²) in [6.07, 6.45) is 0. The summed E-state index contributed by atoms with van der Waals surface area (Å²) in [7, 11) is 0. The lowest BCUT2D eigenvalue weighted by Crippen LogP contribution is -2.50. The average molecular weight is 350 g/mol. The maximum atomic E-state index is 12.1. The first-order valence-electron chi connectivity index (χ1n) is 8.40. The van der Waals surface area contributed by atoms with Crippen LogP contribution in [0.25, 0.3) is 11.1 Å². The summed E-state index contributed by atoms with van der Waals surface area (Å²) in [5.41, 5.74) is 1.41. The maximum Gasteiger partial charge on any atom is 0.338 e. The summed E-state index contributed by atoms with van der Waals surface area (Å²) >= 11 is 0. The van der Waals surface area contributed by atoms with E-state index in [0.29, 0.717) is 5.56 Å². The Labute approximate surface area is 153 Å². The van der Waals surface area contributed by atoms with Crippen molar-refractivity contribution in [1.29, 1.82) is 5.26 Å². The molecule has 0 aliphatic heterocycles. The molecule has 0 bridgehead atoms. The normalized spacial score (nSPS) is 12.7. The molecule has 1 atom stereocenters. The number of carbonyl (C=O) groups excluding carboxylic acids is 2. The third kappa shape index (κ3) is 4.70. The molecule has 5 heteroatoms. The van der Waals surface area contributed by atoms with Crippen molar-refractivity contribution in [1.82, 2.24) is 5.32 Å². The molecule has 0 aliphatic rings. The predicted molar refractivity (Wildman–Crippen MR) is 99.2 cm³/mol. The van der Waals surface area contributed by atoms with Crippen molar-refractivity contribution >= 4 is 11.9 Å². The highest BCUT2D eigenvalue weighted by molar-refractivity contribution is 5.92. The molecule has 0 spiro atoms. The van der Waals surface area contributed by atoms with E-state index in [9.17, 15) is 14.9 Å². The number of amides is 1. The number of rotatable bonds is 6. The average Bonchev–Trinajstić information content (AvgIpc) is 2.66. The van der Waals surface area contributed by atoms with Crippen LogP contribution < -0.4 is 5.32 Å². The second kappa shape index (κ2) is 8.30. The maximum absolute atomic E-state index is 12.1. The van der Waals surface area contributed by atoms with Crippen molar-refractivity contribution in [3.05, 3.63) is 60.2 Å². The van der Waals surface area contributed by atoms with E-state index >= 15 is 0 Å². The summed E-state index contributed by atoms with van der Waals surface area (Å²) < 4.78 is 5.05. The molecule has 0 radical (unpaired) electrons. The van der Waals surface area contributed by atoms with Crippen LogP contribution in [0.2, 0.25) is 0 Å². The first-order valence-corrected chi connectivity index (χ1v) is 8.40. The van der Waals surface area contributed by atoms with Gasteiger partial charge < -0.3 is 10.1 Å². The van der Waals surface area contributed by atoms with E-state index < -0.39 is 24.0 Å². The first kappa shape index (κ1) is 19.2. The van der Waals surface area contributed by atoms with Gasteiger partial charge in [0.15, 0.2) is 6.61 Å². The number of esters is 1. The zero-order valence-corrected chi connectivity index (χ0v) is 15.2. The predicted octanol–water partition coefficient (Wildman–Crippen LogP) is 3.56. The van der Waals surface area contributed by atoms with E-state index in [-0.39, 0.29) is 5.92 Å². The van der Waals surface area contributed by atoms with Gasteiger partial charge in [-0.25, -0.2) is 4.79 Å². The molecule has 1 N–H and O–H groups in total. The van der Waals surface area contributed by atoms with Crippen LogP contribution in [-0.2, 0) is 9.53 Å². The van der Waals surface area contributed by atoms with Gasteiger partial charge in [-0.1, -0.05) is 56.3 Å². The Balaban J connectivity index is 1.94. The number of nitrogens with one attached hydrogen (secondary N) is 1. The molecule has 134 valence electrons. The van der Waals surface area contributed by atoms with Crippen LogP contribution in [0, 0.1) is 17.2 Å². The lowest BCUT2D eigenvalue weighted by Gasteiger charge is -2.27. The summed E-state index contributed by atoms with van der Waals surface area (Å²) in [5, 5.41) is 11.8. The molecule has 0 aromatic heterocycles. The fourth-order valence-electron chi connectivity index (χ4n) is 2.27. The molecule has 2 rings (SSSR count). The van der Waals surface area contributed by atoms with Crippen molar-refractivity contribution in [2.75, 3.05) is 6.61 Å². The van der Waals surface area contributed by atoms with Gasteiger partial charge in [-0.3, -0.25) is 4.79 Å². The minimum absolute atomic E-state index is 0.0716. The van der Waals surface area contributed by atoms with E-state index in [2.05, 4.69) is 11.4 Å². The monoisotopic (exact) mass is 350 g/mol. The van der Waals surface area contributed by atoms with E-state index in [1.165, 1.54) is 0 Å². The highest BCUT2D eigenvalue weighted by Crippen LogP contribution is 2.19. The molecule has 0 saturated carbocycles. The Bertz CT molecular complexity index is 807. The fraction of sp³-hybridized carbons (Fsp3) is 0.286. The van der Waals surface area contributed by atoms with E-state index in [1.807, 2.05) is 56.3 Å². The quantitative estimate of drug-likeness (QED) is 0.808. The lowest BCUT2D eigenvalue weighted by molar-refractivity contribution is -0.125. The number of hydrogen-bond donors (Lipinski definition) is 1. The highest BCUT2D eigenvalue weighted by Gasteiger charge is 2.30.